The van der Waals surface area contributed by atoms with Gasteiger partial charge in [0.25, 0.3) is 0 Å². The van der Waals surface area contributed by atoms with Crippen molar-refractivity contribution in [1.82, 2.24) is 0 Å². The number of ether oxygens (including phenoxy) is 1. The predicted molar refractivity (Wildman–Crippen MR) is 68.7 cm³/mol. The van der Waals surface area contributed by atoms with Crippen LogP contribution in [0.2, 0.25) is 0 Å². The van der Waals surface area contributed by atoms with Gasteiger partial charge in [-0.05, 0) is 25.0 Å². The monoisotopic (exact) mass is 242 g/mol. The van der Waals surface area contributed by atoms with Crippen LogP contribution >= 0.6 is 0 Å². The van der Waals surface area contributed by atoms with Crippen LogP contribution in [0.25, 0.3) is 0 Å². The third-order valence-electron chi connectivity index (χ3n) is 2.17. The Morgan fingerprint density at radius 3 is 2.33 bits per heavy atom. The Morgan fingerprint density at radius 2 is 1.83 bits per heavy atom. The van der Waals surface area contributed by atoms with Crippen molar-refractivity contribution < 1.29 is 14.3 Å². The van der Waals surface area contributed by atoms with E-state index in [1.54, 1.807) is 0 Å². The smallest absolute Gasteiger partial charge is 0.304 e. The van der Waals surface area contributed by atoms with E-state index in [0.717, 1.165) is 5.56 Å². The molecule has 0 heterocycles. The highest BCUT2D eigenvalue weighted by molar-refractivity contribution is 5.94. The van der Waals surface area contributed by atoms with E-state index < -0.39 is 12.1 Å². The van der Waals surface area contributed by atoms with Crippen molar-refractivity contribution in [3.05, 3.63) is 48.0 Å². The van der Waals surface area contributed by atoms with Gasteiger partial charge in [-0.3, -0.25) is 9.59 Å². The fourth-order valence-corrected chi connectivity index (χ4v) is 1.21. The maximum absolute atomic E-state index is 11.2. The second-order valence-electron chi connectivity index (χ2n) is 3.71. The lowest BCUT2D eigenvalue weighted by Gasteiger charge is -2.11. The van der Waals surface area contributed by atoms with E-state index in [4.69, 9.17) is 4.74 Å². The summed E-state index contributed by atoms with van der Waals surface area (Å²) in [5, 5.41) is 0. The second kappa shape index (κ2) is 6.41. The zero-order valence-corrected chi connectivity index (χ0v) is 10.4. The Labute approximate surface area is 106 Å². The number of ketones is 1. The van der Waals surface area contributed by atoms with Crippen LogP contribution in [0.4, 0.5) is 0 Å². The molecule has 18 heavy (non-hydrogen) atoms. The molecule has 1 aromatic rings. The van der Waals surface area contributed by atoms with E-state index in [9.17, 15) is 9.59 Å². The summed E-state index contributed by atoms with van der Waals surface area (Å²) in [6.45, 7) is 6.22. The van der Waals surface area contributed by atoms with Crippen molar-refractivity contribution >= 4 is 11.8 Å². The Bertz CT molecular complexity index is 518. The highest BCUT2D eigenvalue weighted by Gasteiger charge is 2.16. The standard InChI is InChI=1S/C15H14O3/c1-11(12(2)16)15(18-13(3)17)10-9-14-7-5-4-6-8-14/h4-8,15H,1H2,2-3H3. The van der Waals surface area contributed by atoms with Crippen LogP contribution in [0.5, 0.6) is 0 Å². The largest absolute Gasteiger partial charge is 0.444 e. The van der Waals surface area contributed by atoms with Gasteiger partial charge in [-0.25, -0.2) is 0 Å². The first-order valence-corrected chi connectivity index (χ1v) is 5.44. The highest BCUT2D eigenvalue weighted by Crippen LogP contribution is 2.06. The first kappa shape index (κ1) is 13.7. The van der Waals surface area contributed by atoms with Crippen molar-refractivity contribution in [2.45, 2.75) is 20.0 Å². The van der Waals surface area contributed by atoms with Gasteiger partial charge in [-0.15, -0.1) is 0 Å². The van der Waals surface area contributed by atoms with Gasteiger partial charge in [-0.2, -0.15) is 0 Å². The number of hydrogen-bond acceptors (Lipinski definition) is 3. The van der Waals surface area contributed by atoms with Crippen molar-refractivity contribution in [3.63, 3.8) is 0 Å². The van der Waals surface area contributed by atoms with Gasteiger partial charge in [0.2, 0.25) is 0 Å². The fraction of sp³-hybridized carbons (Fsp3) is 0.200. The summed E-state index contributed by atoms with van der Waals surface area (Å²) in [5.41, 5.74) is 0.958. The number of benzene rings is 1. The lowest BCUT2D eigenvalue weighted by molar-refractivity contribution is -0.142. The van der Waals surface area contributed by atoms with Crippen molar-refractivity contribution in [3.8, 4) is 11.8 Å². The Morgan fingerprint density at radius 1 is 1.22 bits per heavy atom. The molecule has 0 aliphatic carbocycles. The molecule has 1 rings (SSSR count). The first-order valence-electron chi connectivity index (χ1n) is 5.44. The van der Waals surface area contributed by atoms with E-state index in [1.165, 1.54) is 13.8 Å². The molecule has 92 valence electrons. The first-order chi connectivity index (χ1) is 8.50. The highest BCUT2D eigenvalue weighted by atomic mass is 16.5. The van der Waals surface area contributed by atoms with Crippen LogP contribution in [0, 0.1) is 11.8 Å². The van der Waals surface area contributed by atoms with Crippen LogP contribution in [0.1, 0.15) is 19.4 Å². The molecule has 1 atom stereocenters. The van der Waals surface area contributed by atoms with Gasteiger partial charge in [0.15, 0.2) is 11.9 Å². The minimum atomic E-state index is -0.889. The van der Waals surface area contributed by atoms with E-state index in [2.05, 4.69) is 18.4 Å². The third kappa shape index (κ3) is 4.26. The predicted octanol–water partition coefficient (Wildman–Crippen LogP) is 2.12. The zero-order valence-electron chi connectivity index (χ0n) is 10.4. The molecule has 0 aliphatic rings. The molecule has 0 N–H and O–H groups in total. The van der Waals surface area contributed by atoms with Crippen LogP contribution in [-0.4, -0.2) is 17.9 Å². The van der Waals surface area contributed by atoms with Crippen molar-refractivity contribution in [2.75, 3.05) is 0 Å². The Balaban J connectivity index is 2.92. The van der Waals surface area contributed by atoms with Gasteiger partial charge >= 0.3 is 5.97 Å². The number of Topliss-reactive ketones (excluding diaryl/α,β-unsaturated/α-hetero) is 1. The molecule has 0 saturated carbocycles. The van der Waals surface area contributed by atoms with E-state index in [1.807, 2.05) is 30.3 Å². The van der Waals surface area contributed by atoms with Crippen molar-refractivity contribution in [2.24, 2.45) is 0 Å². The average molecular weight is 242 g/mol. The lowest BCUT2D eigenvalue weighted by Crippen LogP contribution is -2.20. The summed E-state index contributed by atoms with van der Waals surface area (Å²) in [7, 11) is 0. The summed E-state index contributed by atoms with van der Waals surface area (Å²) in [6.07, 6.45) is -0.889. The summed E-state index contributed by atoms with van der Waals surface area (Å²) in [5.74, 6) is 4.84. The third-order valence-corrected chi connectivity index (χ3v) is 2.17. The van der Waals surface area contributed by atoms with E-state index >= 15 is 0 Å². The minimum Gasteiger partial charge on any atom is -0.444 e. The normalized spacial score (nSPS) is 10.8. The molecular formula is C15H14O3. The van der Waals surface area contributed by atoms with Crippen LogP contribution < -0.4 is 0 Å². The molecule has 0 radical (unpaired) electrons. The molecule has 0 bridgehead atoms. The molecule has 0 fully saturated rings. The molecule has 0 aliphatic heterocycles. The number of hydrogen-bond donors (Lipinski definition) is 0. The number of carbonyl (C=O) groups excluding carboxylic acids is 2. The molecule has 1 aromatic carbocycles. The van der Waals surface area contributed by atoms with Gasteiger partial charge in [-0.1, -0.05) is 30.7 Å². The fourth-order valence-electron chi connectivity index (χ4n) is 1.21. The molecule has 3 heteroatoms. The Hall–Kier alpha value is -2.34. The summed E-state index contributed by atoms with van der Waals surface area (Å²) >= 11 is 0. The van der Waals surface area contributed by atoms with Gasteiger partial charge in [0.05, 0.1) is 0 Å². The molecule has 0 saturated heterocycles. The van der Waals surface area contributed by atoms with Gasteiger partial charge in [0.1, 0.15) is 0 Å². The summed E-state index contributed by atoms with van der Waals surface area (Å²) in [4.78, 5) is 22.2. The second-order valence-corrected chi connectivity index (χ2v) is 3.71. The number of esters is 1. The van der Waals surface area contributed by atoms with E-state index in [-0.39, 0.29) is 11.4 Å². The zero-order chi connectivity index (χ0) is 13.5. The van der Waals surface area contributed by atoms with Gasteiger partial charge < -0.3 is 4.74 Å². The molecule has 3 nitrogen and oxygen atoms in total. The molecule has 0 amide bonds. The van der Waals surface area contributed by atoms with Gasteiger partial charge in [0, 0.05) is 18.1 Å². The number of carbonyl (C=O) groups is 2. The molecule has 1 unspecified atom stereocenters. The summed E-state index contributed by atoms with van der Waals surface area (Å²) in [6, 6.07) is 9.24. The molecule has 0 aromatic heterocycles. The number of rotatable bonds is 3. The topological polar surface area (TPSA) is 43.4 Å². The van der Waals surface area contributed by atoms with Crippen molar-refractivity contribution in [1.29, 1.82) is 0 Å². The maximum atomic E-state index is 11.2. The quantitative estimate of drug-likeness (QED) is 0.463. The Kier molecular flexibility index (Phi) is 4.89. The van der Waals surface area contributed by atoms with Crippen LogP contribution in [0.15, 0.2) is 42.5 Å². The van der Waals surface area contributed by atoms with E-state index in [0.29, 0.717) is 0 Å². The van der Waals surface area contributed by atoms with Crippen LogP contribution in [-0.2, 0) is 14.3 Å². The van der Waals surface area contributed by atoms with Crippen LogP contribution in [0.3, 0.4) is 0 Å². The average Bonchev–Trinajstić information content (AvgIpc) is 2.34. The SMILES string of the molecule is C=C(C(C)=O)C(C#Cc1ccccc1)OC(C)=O. The lowest BCUT2D eigenvalue weighted by atomic mass is 10.1. The molecule has 0 spiro atoms. The maximum Gasteiger partial charge on any atom is 0.304 e. The summed E-state index contributed by atoms with van der Waals surface area (Å²) < 4.78 is 4.96. The molecular weight excluding hydrogens is 228 g/mol. The minimum absolute atomic E-state index is 0.175.